The highest BCUT2D eigenvalue weighted by Gasteiger charge is 2.49. The third-order valence-electron chi connectivity index (χ3n) is 5.20. The zero-order chi connectivity index (χ0) is 11.4. The van der Waals surface area contributed by atoms with Crippen molar-refractivity contribution in [1.82, 2.24) is 0 Å². The van der Waals surface area contributed by atoms with Gasteiger partial charge in [-0.2, -0.15) is 0 Å². The summed E-state index contributed by atoms with van der Waals surface area (Å²) in [6, 6.07) is 0. The fraction of sp³-hybridized carbons (Fsp3) is 0.733. The molecule has 2 rings (SSSR count). The summed E-state index contributed by atoms with van der Waals surface area (Å²) in [4.78, 5) is 0. The van der Waals surface area contributed by atoms with Crippen molar-refractivity contribution < 1.29 is 0 Å². The highest BCUT2D eigenvalue weighted by molar-refractivity contribution is 5.41. The Morgan fingerprint density at radius 1 is 1.07 bits per heavy atom. The second kappa shape index (κ2) is 2.99. The van der Waals surface area contributed by atoms with Crippen LogP contribution in [0.3, 0.4) is 0 Å². The van der Waals surface area contributed by atoms with Crippen molar-refractivity contribution in [2.24, 2.45) is 16.7 Å². The third-order valence-corrected chi connectivity index (χ3v) is 5.20. The van der Waals surface area contributed by atoms with Crippen LogP contribution in [0.25, 0.3) is 0 Å². The molecule has 1 unspecified atom stereocenters. The molecule has 0 heteroatoms. The van der Waals surface area contributed by atoms with Crippen LogP contribution in [0.4, 0.5) is 0 Å². The van der Waals surface area contributed by atoms with E-state index < -0.39 is 0 Å². The zero-order valence-electron chi connectivity index (χ0n) is 11.1. The van der Waals surface area contributed by atoms with E-state index in [9.17, 15) is 0 Å². The van der Waals surface area contributed by atoms with Gasteiger partial charge in [0.15, 0.2) is 0 Å². The lowest BCUT2D eigenvalue weighted by molar-refractivity contribution is 0.187. The Morgan fingerprint density at radius 3 is 2.20 bits per heavy atom. The van der Waals surface area contributed by atoms with Gasteiger partial charge in [0.2, 0.25) is 0 Å². The third kappa shape index (κ3) is 1.33. The molecule has 0 aromatic carbocycles. The van der Waals surface area contributed by atoms with Gasteiger partial charge in [-0.3, -0.25) is 0 Å². The summed E-state index contributed by atoms with van der Waals surface area (Å²) in [6.07, 6.45) is 4.84. The molecule has 15 heavy (non-hydrogen) atoms. The van der Waals surface area contributed by atoms with Gasteiger partial charge in [-0.25, -0.2) is 0 Å². The van der Waals surface area contributed by atoms with Gasteiger partial charge in [0.25, 0.3) is 0 Å². The minimum atomic E-state index is 0.397. The van der Waals surface area contributed by atoms with Gasteiger partial charge in [-0.05, 0) is 36.5 Å². The molecular weight excluding hydrogens is 180 g/mol. The van der Waals surface area contributed by atoms with Crippen LogP contribution >= 0.6 is 0 Å². The predicted octanol–water partition coefficient (Wildman–Crippen LogP) is 4.73. The highest BCUT2D eigenvalue weighted by atomic mass is 14.5. The number of hydrogen-bond donors (Lipinski definition) is 0. The molecule has 2 aliphatic rings. The summed E-state index contributed by atoms with van der Waals surface area (Å²) in [5.41, 5.74) is 5.82. The predicted molar refractivity (Wildman–Crippen MR) is 66.7 cm³/mol. The van der Waals surface area contributed by atoms with Gasteiger partial charge in [-0.15, -0.1) is 0 Å². The summed E-state index contributed by atoms with van der Waals surface area (Å²) in [7, 11) is 0. The van der Waals surface area contributed by atoms with E-state index >= 15 is 0 Å². The second-order valence-electron chi connectivity index (χ2n) is 6.55. The minimum absolute atomic E-state index is 0.397. The monoisotopic (exact) mass is 204 g/mol. The van der Waals surface area contributed by atoms with Gasteiger partial charge in [0.05, 0.1) is 0 Å². The molecule has 1 atom stereocenters. The Kier molecular flexibility index (Phi) is 2.19. The fourth-order valence-corrected chi connectivity index (χ4v) is 3.55. The summed E-state index contributed by atoms with van der Waals surface area (Å²) in [6.45, 7) is 14.4. The van der Waals surface area contributed by atoms with Crippen molar-refractivity contribution >= 4 is 0 Å². The molecule has 0 saturated heterocycles. The molecule has 0 amide bonds. The van der Waals surface area contributed by atoms with E-state index in [1.165, 1.54) is 12.8 Å². The number of rotatable bonds is 0. The van der Waals surface area contributed by atoms with Crippen molar-refractivity contribution in [2.75, 3.05) is 0 Å². The Balaban J connectivity index is 2.48. The van der Waals surface area contributed by atoms with Crippen LogP contribution in [0.5, 0.6) is 0 Å². The Morgan fingerprint density at radius 2 is 1.60 bits per heavy atom. The lowest BCUT2D eigenvalue weighted by Crippen LogP contribution is -2.27. The molecule has 0 aliphatic heterocycles. The van der Waals surface area contributed by atoms with Crippen LogP contribution in [0, 0.1) is 16.7 Å². The smallest absolute Gasteiger partial charge is 0.0103 e. The Labute approximate surface area is 94.5 Å². The van der Waals surface area contributed by atoms with E-state index in [2.05, 4.69) is 47.6 Å². The van der Waals surface area contributed by atoms with E-state index in [1.54, 1.807) is 16.7 Å². The van der Waals surface area contributed by atoms with Gasteiger partial charge in [0.1, 0.15) is 0 Å². The first-order valence-corrected chi connectivity index (χ1v) is 6.16. The van der Waals surface area contributed by atoms with Gasteiger partial charge in [-0.1, -0.05) is 57.4 Å². The standard InChI is InChI=1S/C15H24/c1-10-7-8-12-13(9-10)15(5,6)11(2)14(12,3)4/h7,11H,8-9H2,1-6H3. The normalized spacial score (nSPS) is 32.7. The molecule has 0 nitrogen and oxygen atoms in total. The average Bonchev–Trinajstić information content (AvgIpc) is 2.26. The molecular formula is C15H24. The Bertz CT molecular complexity index is 350. The van der Waals surface area contributed by atoms with Crippen LogP contribution in [0.1, 0.15) is 54.4 Å². The van der Waals surface area contributed by atoms with E-state index in [1.807, 2.05) is 0 Å². The van der Waals surface area contributed by atoms with Gasteiger partial charge in [0, 0.05) is 0 Å². The molecule has 0 radical (unpaired) electrons. The lowest BCUT2D eigenvalue weighted by Gasteiger charge is -2.35. The van der Waals surface area contributed by atoms with Crippen LogP contribution < -0.4 is 0 Å². The first-order chi connectivity index (χ1) is 6.78. The van der Waals surface area contributed by atoms with Gasteiger partial charge >= 0.3 is 0 Å². The molecule has 84 valence electrons. The first-order valence-electron chi connectivity index (χ1n) is 6.16. The average molecular weight is 204 g/mol. The molecule has 2 aliphatic carbocycles. The van der Waals surface area contributed by atoms with Crippen molar-refractivity contribution in [1.29, 1.82) is 0 Å². The fourth-order valence-electron chi connectivity index (χ4n) is 3.55. The van der Waals surface area contributed by atoms with Crippen molar-refractivity contribution in [3.05, 3.63) is 22.8 Å². The van der Waals surface area contributed by atoms with Crippen LogP contribution in [0.2, 0.25) is 0 Å². The molecule has 0 aromatic heterocycles. The molecule has 0 saturated carbocycles. The maximum absolute atomic E-state index is 2.43. The van der Waals surface area contributed by atoms with E-state index in [-0.39, 0.29) is 0 Å². The summed E-state index contributed by atoms with van der Waals surface area (Å²) >= 11 is 0. The topological polar surface area (TPSA) is 0 Å². The quantitative estimate of drug-likeness (QED) is 0.501. The van der Waals surface area contributed by atoms with Crippen LogP contribution in [-0.4, -0.2) is 0 Å². The summed E-state index contributed by atoms with van der Waals surface area (Å²) < 4.78 is 0. The van der Waals surface area contributed by atoms with E-state index in [4.69, 9.17) is 0 Å². The van der Waals surface area contributed by atoms with Crippen molar-refractivity contribution in [2.45, 2.75) is 54.4 Å². The van der Waals surface area contributed by atoms with Crippen molar-refractivity contribution in [3.63, 3.8) is 0 Å². The summed E-state index contributed by atoms with van der Waals surface area (Å²) in [5, 5.41) is 0. The first kappa shape index (κ1) is 11.0. The van der Waals surface area contributed by atoms with E-state index in [0.29, 0.717) is 10.8 Å². The zero-order valence-corrected chi connectivity index (χ0v) is 11.1. The van der Waals surface area contributed by atoms with E-state index in [0.717, 1.165) is 5.92 Å². The highest BCUT2D eigenvalue weighted by Crippen LogP contribution is 2.60. The largest absolute Gasteiger partial charge is 0.0812 e. The SMILES string of the molecule is CC1=CCC2=C(C1)C(C)(C)C(C)C2(C)C. The van der Waals surface area contributed by atoms with Crippen LogP contribution in [-0.2, 0) is 0 Å². The number of allylic oxidation sites excluding steroid dienone is 4. The minimum Gasteiger partial charge on any atom is -0.0812 e. The van der Waals surface area contributed by atoms with Crippen LogP contribution in [0.15, 0.2) is 22.8 Å². The molecule has 0 heterocycles. The van der Waals surface area contributed by atoms with Crippen molar-refractivity contribution in [3.8, 4) is 0 Å². The molecule has 0 N–H and O–H groups in total. The maximum atomic E-state index is 2.43. The molecule has 0 fully saturated rings. The molecule has 0 bridgehead atoms. The lowest BCUT2D eigenvalue weighted by atomic mass is 9.69. The van der Waals surface area contributed by atoms with Gasteiger partial charge < -0.3 is 0 Å². The Hall–Kier alpha value is -0.520. The maximum Gasteiger partial charge on any atom is -0.0103 e. The molecule has 0 spiro atoms. The number of hydrogen-bond acceptors (Lipinski definition) is 0. The second-order valence-corrected chi connectivity index (χ2v) is 6.55. The molecule has 0 aromatic rings. The summed E-state index contributed by atoms with van der Waals surface area (Å²) in [5.74, 6) is 0.759.